The fourth-order valence-electron chi connectivity index (χ4n) is 2.87. The molecule has 1 saturated heterocycles. The summed E-state index contributed by atoms with van der Waals surface area (Å²) in [5, 5.41) is 10.7. The molecular weight excluding hydrogens is 366 g/mol. The van der Waals surface area contributed by atoms with Crippen molar-refractivity contribution in [2.75, 3.05) is 26.2 Å². The lowest BCUT2D eigenvalue weighted by atomic mass is 10.1. The third-order valence-corrected chi connectivity index (χ3v) is 4.88. The molecule has 1 N–H and O–H groups in total. The van der Waals surface area contributed by atoms with Crippen molar-refractivity contribution in [2.24, 2.45) is 0 Å². The molecule has 2 aromatic rings. The molecule has 0 bridgehead atoms. The highest BCUT2D eigenvalue weighted by Crippen LogP contribution is 2.24. The van der Waals surface area contributed by atoms with E-state index in [-0.39, 0.29) is 23.0 Å². The second-order valence-electron chi connectivity index (χ2n) is 5.93. The second kappa shape index (κ2) is 7.60. The minimum Gasteiger partial charge on any atom is -0.507 e. The molecule has 1 amide bonds. The van der Waals surface area contributed by atoms with E-state index >= 15 is 0 Å². The second-order valence-corrected chi connectivity index (χ2v) is 6.77. The first-order valence-electron chi connectivity index (χ1n) is 7.89. The number of phenols is 1. The van der Waals surface area contributed by atoms with Gasteiger partial charge in [-0.1, -0.05) is 29.3 Å². The summed E-state index contributed by atoms with van der Waals surface area (Å²) in [7, 11) is 0. The topological polar surface area (TPSA) is 43.8 Å². The van der Waals surface area contributed by atoms with Crippen LogP contribution in [0.1, 0.15) is 15.9 Å². The number of hydrogen-bond acceptors (Lipinski definition) is 3. The van der Waals surface area contributed by atoms with E-state index in [1.807, 2.05) is 4.90 Å². The highest BCUT2D eigenvalue weighted by Gasteiger charge is 2.25. The molecule has 1 fully saturated rings. The predicted molar refractivity (Wildman–Crippen MR) is 95.7 cm³/mol. The van der Waals surface area contributed by atoms with Crippen LogP contribution in [0.2, 0.25) is 10.0 Å². The smallest absolute Gasteiger partial charge is 0.257 e. The molecule has 2 aromatic carbocycles. The van der Waals surface area contributed by atoms with Gasteiger partial charge in [0.05, 0.1) is 5.56 Å². The number of piperazine rings is 1. The zero-order valence-electron chi connectivity index (χ0n) is 13.4. The summed E-state index contributed by atoms with van der Waals surface area (Å²) in [5.74, 6) is -0.673. The highest BCUT2D eigenvalue weighted by atomic mass is 35.5. The number of phenolic OH excluding ortho intramolecular Hbond substituents is 1. The largest absolute Gasteiger partial charge is 0.507 e. The molecule has 0 atom stereocenters. The Hall–Kier alpha value is -1.82. The van der Waals surface area contributed by atoms with Crippen LogP contribution in [0.25, 0.3) is 0 Å². The van der Waals surface area contributed by atoms with Gasteiger partial charge in [0, 0.05) is 48.3 Å². The summed E-state index contributed by atoms with van der Waals surface area (Å²) < 4.78 is 13.9. The van der Waals surface area contributed by atoms with Crippen molar-refractivity contribution >= 4 is 29.1 Å². The number of hydrogen-bond donors (Lipinski definition) is 1. The summed E-state index contributed by atoms with van der Waals surface area (Å²) in [5.41, 5.74) is 0.662. The van der Waals surface area contributed by atoms with Gasteiger partial charge in [-0.25, -0.2) is 4.39 Å². The molecule has 0 aliphatic carbocycles. The molecule has 7 heteroatoms. The lowest BCUT2D eigenvalue weighted by Gasteiger charge is -2.35. The molecule has 1 heterocycles. The maximum atomic E-state index is 13.9. The van der Waals surface area contributed by atoms with Crippen LogP contribution in [-0.4, -0.2) is 47.0 Å². The number of halogens is 3. The fourth-order valence-corrected chi connectivity index (χ4v) is 3.26. The van der Waals surface area contributed by atoms with Crippen molar-refractivity contribution in [3.63, 3.8) is 0 Å². The van der Waals surface area contributed by atoms with Crippen LogP contribution < -0.4 is 0 Å². The van der Waals surface area contributed by atoms with Gasteiger partial charge in [0.1, 0.15) is 11.6 Å². The SMILES string of the molecule is O=C(c1cc(Cl)ccc1O)N1CCN(Cc2c(F)cccc2Cl)CC1. The van der Waals surface area contributed by atoms with Gasteiger partial charge in [-0.05, 0) is 30.3 Å². The molecule has 0 spiro atoms. The molecule has 1 aliphatic heterocycles. The van der Waals surface area contributed by atoms with Gasteiger partial charge >= 0.3 is 0 Å². The maximum absolute atomic E-state index is 13.9. The van der Waals surface area contributed by atoms with Gasteiger partial charge in [0.15, 0.2) is 0 Å². The van der Waals surface area contributed by atoms with E-state index in [0.717, 1.165) is 0 Å². The Morgan fingerprint density at radius 2 is 1.84 bits per heavy atom. The van der Waals surface area contributed by atoms with E-state index < -0.39 is 0 Å². The first-order chi connectivity index (χ1) is 12.0. The van der Waals surface area contributed by atoms with Crippen LogP contribution in [0.3, 0.4) is 0 Å². The van der Waals surface area contributed by atoms with Gasteiger partial charge in [-0.2, -0.15) is 0 Å². The van der Waals surface area contributed by atoms with Crippen molar-refractivity contribution in [3.8, 4) is 5.75 Å². The van der Waals surface area contributed by atoms with Gasteiger partial charge in [0.2, 0.25) is 0 Å². The van der Waals surface area contributed by atoms with Crippen LogP contribution in [0.5, 0.6) is 5.75 Å². The van der Waals surface area contributed by atoms with Crippen LogP contribution in [0.15, 0.2) is 36.4 Å². The molecule has 0 saturated carbocycles. The van der Waals surface area contributed by atoms with Gasteiger partial charge < -0.3 is 10.0 Å². The van der Waals surface area contributed by atoms with Crippen molar-refractivity contribution < 1.29 is 14.3 Å². The lowest BCUT2D eigenvalue weighted by Crippen LogP contribution is -2.48. The summed E-state index contributed by atoms with van der Waals surface area (Å²) in [6, 6.07) is 9.04. The number of benzene rings is 2. The Labute approximate surface area is 155 Å². The van der Waals surface area contributed by atoms with E-state index in [9.17, 15) is 14.3 Å². The van der Waals surface area contributed by atoms with E-state index in [1.54, 1.807) is 17.0 Å². The van der Waals surface area contributed by atoms with E-state index in [0.29, 0.717) is 48.3 Å². The molecule has 3 rings (SSSR count). The summed E-state index contributed by atoms with van der Waals surface area (Å²) in [6.07, 6.45) is 0. The normalized spacial score (nSPS) is 15.4. The summed E-state index contributed by atoms with van der Waals surface area (Å²) in [4.78, 5) is 16.3. The number of carbonyl (C=O) groups excluding carboxylic acids is 1. The molecule has 0 radical (unpaired) electrons. The maximum Gasteiger partial charge on any atom is 0.257 e. The zero-order valence-corrected chi connectivity index (χ0v) is 14.9. The highest BCUT2D eigenvalue weighted by molar-refractivity contribution is 6.31. The number of amides is 1. The number of aromatic hydroxyl groups is 1. The molecule has 132 valence electrons. The molecular formula is C18H17Cl2FN2O2. The molecule has 0 unspecified atom stereocenters. The minimum atomic E-state index is -0.324. The van der Waals surface area contributed by atoms with Crippen molar-refractivity contribution in [1.82, 2.24) is 9.80 Å². The van der Waals surface area contributed by atoms with E-state index in [4.69, 9.17) is 23.2 Å². The zero-order chi connectivity index (χ0) is 18.0. The molecule has 1 aliphatic rings. The van der Waals surface area contributed by atoms with Gasteiger partial charge in [-0.3, -0.25) is 9.69 Å². The number of nitrogens with zero attached hydrogens (tertiary/aromatic N) is 2. The van der Waals surface area contributed by atoms with E-state index in [1.165, 1.54) is 24.3 Å². The Morgan fingerprint density at radius 1 is 1.12 bits per heavy atom. The Morgan fingerprint density at radius 3 is 2.52 bits per heavy atom. The number of carbonyl (C=O) groups is 1. The Kier molecular flexibility index (Phi) is 5.47. The third kappa shape index (κ3) is 4.06. The van der Waals surface area contributed by atoms with Crippen molar-refractivity contribution in [3.05, 3.63) is 63.4 Å². The van der Waals surface area contributed by atoms with Gasteiger partial charge in [0.25, 0.3) is 5.91 Å². The monoisotopic (exact) mass is 382 g/mol. The summed E-state index contributed by atoms with van der Waals surface area (Å²) in [6.45, 7) is 2.55. The van der Waals surface area contributed by atoms with Crippen LogP contribution >= 0.6 is 23.2 Å². The van der Waals surface area contributed by atoms with Crippen molar-refractivity contribution in [1.29, 1.82) is 0 Å². The molecule has 4 nitrogen and oxygen atoms in total. The minimum absolute atomic E-state index is 0.0880. The first kappa shape index (κ1) is 18.0. The average molecular weight is 383 g/mol. The van der Waals surface area contributed by atoms with Gasteiger partial charge in [-0.15, -0.1) is 0 Å². The van der Waals surface area contributed by atoms with Crippen LogP contribution in [0, 0.1) is 5.82 Å². The van der Waals surface area contributed by atoms with Crippen LogP contribution in [-0.2, 0) is 6.54 Å². The quantitative estimate of drug-likeness (QED) is 0.877. The number of rotatable bonds is 3. The Bertz CT molecular complexity index is 772. The Balaban J connectivity index is 1.64. The van der Waals surface area contributed by atoms with Crippen molar-refractivity contribution in [2.45, 2.75) is 6.54 Å². The average Bonchev–Trinajstić information content (AvgIpc) is 2.60. The van der Waals surface area contributed by atoms with Crippen LogP contribution in [0.4, 0.5) is 4.39 Å². The predicted octanol–water partition coefficient (Wildman–Crippen LogP) is 3.80. The fraction of sp³-hybridized carbons (Fsp3) is 0.278. The first-order valence-corrected chi connectivity index (χ1v) is 8.64. The lowest BCUT2D eigenvalue weighted by molar-refractivity contribution is 0.0624. The third-order valence-electron chi connectivity index (χ3n) is 4.29. The molecule has 25 heavy (non-hydrogen) atoms. The standard InChI is InChI=1S/C18H17Cl2FN2O2/c19-12-4-5-17(24)13(10-12)18(25)23-8-6-22(7-9-23)11-14-15(20)2-1-3-16(14)21/h1-5,10,24H,6-9,11H2. The van der Waals surface area contributed by atoms with E-state index in [2.05, 4.69) is 0 Å². The molecule has 0 aromatic heterocycles. The summed E-state index contributed by atoms with van der Waals surface area (Å²) >= 11 is 12.0.